The monoisotopic (exact) mass is 480 g/mol. The largest absolute Gasteiger partial charge is 0.456 e. The van der Waals surface area contributed by atoms with Crippen molar-refractivity contribution in [1.29, 1.82) is 0 Å². The molecule has 6 nitrogen and oxygen atoms in total. The second-order valence-corrected chi connectivity index (χ2v) is 9.73. The molecule has 2 aromatic rings. The van der Waals surface area contributed by atoms with Gasteiger partial charge in [-0.25, -0.2) is 0 Å². The summed E-state index contributed by atoms with van der Waals surface area (Å²) in [4.78, 5) is 37.9. The number of benzene rings is 2. The molecule has 1 heterocycles. The van der Waals surface area contributed by atoms with E-state index in [1.807, 2.05) is 44.2 Å². The van der Waals surface area contributed by atoms with Gasteiger partial charge in [0, 0.05) is 18.5 Å². The number of ether oxygens (including phenoxy) is 1. The average Bonchev–Trinajstić information content (AvgIpc) is 3.11. The van der Waals surface area contributed by atoms with E-state index in [2.05, 4.69) is 34.3 Å². The summed E-state index contributed by atoms with van der Waals surface area (Å²) in [5, 5.41) is 0. The van der Waals surface area contributed by atoms with Gasteiger partial charge in [0.05, 0.1) is 5.56 Å². The lowest BCUT2D eigenvalue weighted by Crippen LogP contribution is -2.45. The fourth-order valence-corrected chi connectivity index (χ4v) is 3.33. The van der Waals surface area contributed by atoms with Crippen molar-refractivity contribution in [3.8, 4) is 11.5 Å². The third kappa shape index (κ3) is 9.04. The Balaban J connectivity index is 0.000000779. The van der Waals surface area contributed by atoms with E-state index < -0.39 is 11.9 Å². The molecule has 35 heavy (non-hydrogen) atoms. The normalized spacial score (nSPS) is 12.9. The van der Waals surface area contributed by atoms with Crippen molar-refractivity contribution in [1.82, 2.24) is 4.90 Å². The first kappa shape index (κ1) is 29.6. The van der Waals surface area contributed by atoms with Gasteiger partial charge in [0.15, 0.2) is 0 Å². The Labute approximate surface area is 210 Å². The maximum absolute atomic E-state index is 13.2. The molecule has 3 rings (SSSR count). The van der Waals surface area contributed by atoms with Crippen LogP contribution in [0.2, 0.25) is 0 Å². The summed E-state index contributed by atoms with van der Waals surface area (Å²) >= 11 is 0. The lowest BCUT2D eigenvalue weighted by atomic mass is 10.0. The predicted octanol–water partition coefficient (Wildman–Crippen LogP) is 6.38. The van der Waals surface area contributed by atoms with E-state index >= 15 is 0 Å². The molecular weight excluding hydrogens is 440 g/mol. The average molecular weight is 481 g/mol. The molecule has 2 aromatic carbocycles. The van der Waals surface area contributed by atoms with Crippen LogP contribution in [0.1, 0.15) is 82.8 Å². The number of nitrogens with zero attached hydrogens (tertiary/aromatic N) is 1. The molecule has 190 valence electrons. The summed E-state index contributed by atoms with van der Waals surface area (Å²) in [6.45, 7) is 18.2. The Morgan fingerprint density at radius 3 is 2.17 bits per heavy atom. The van der Waals surface area contributed by atoms with Crippen LogP contribution in [0, 0.1) is 5.41 Å². The Kier molecular flexibility index (Phi) is 11.4. The number of hydrogen-bond donors (Lipinski definition) is 1. The van der Waals surface area contributed by atoms with Gasteiger partial charge in [0.2, 0.25) is 5.91 Å². The molecule has 6 heteroatoms. The molecule has 1 aliphatic rings. The maximum atomic E-state index is 13.2. The number of nitrogens with two attached hydrogens (primary N) is 1. The summed E-state index contributed by atoms with van der Waals surface area (Å²) in [7, 11) is 0. The summed E-state index contributed by atoms with van der Waals surface area (Å²) in [5.74, 6) is -0.0272. The standard InChI is InChI=1S/C22H22N2O4.C5H12.C2H6/c1-3-15-10-11-16-13-24(18(21(23)26)12-9-14(2)25)22(27)19(16)20(15)28-17-7-5-4-6-8-17;1-5(2,3)4;1-2/h3-8,10-11,18H,1,9,12-13H2,2H3,(H2,23,26);1-4H3;1-2H3. The van der Waals surface area contributed by atoms with Crippen molar-refractivity contribution >= 4 is 23.7 Å². The zero-order valence-corrected chi connectivity index (χ0v) is 22.2. The minimum atomic E-state index is -0.847. The molecule has 0 aliphatic carbocycles. The highest BCUT2D eigenvalue weighted by atomic mass is 16.5. The molecule has 1 unspecified atom stereocenters. The van der Waals surface area contributed by atoms with Gasteiger partial charge >= 0.3 is 0 Å². The number of carbonyl (C=O) groups is 3. The molecule has 0 radical (unpaired) electrons. The van der Waals surface area contributed by atoms with Crippen LogP contribution in [0.15, 0.2) is 49.0 Å². The zero-order valence-electron chi connectivity index (χ0n) is 22.2. The van der Waals surface area contributed by atoms with Crippen LogP contribution in [0.4, 0.5) is 0 Å². The molecule has 0 saturated heterocycles. The van der Waals surface area contributed by atoms with E-state index in [4.69, 9.17) is 10.5 Å². The third-order valence-corrected chi connectivity index (χ3v) is 4.75. The zero-order chi connectivity index (χ0) is 26.8. The molecule has 0 spiro atoms. The summed E-state index contributed by atoms with van der Waals surface area (Å²) in [5.41, 5.74) is 7.85. The molecule has 0 saturated carbocycles. The minimum Gasteiger partial charge on any atom is -0.456 e. The minimum absolute atomic E-state index is 0.0579. The summed E-state index contributed by atoms with van der Waals surface area (Å²) in [6.07, 6.45) is 2.00. The second kappa shape index (κ2) is 13.5. The number of primary amides is 1. The van der Waals surface area contributed by atoms with Crippen molar-refractivity contribution in [3.63, 3.8) is 0 Å². The van der Waals surface area contributed by atoms with Crippen molar-refractivity contribution in [2.75, 3.05) is 0 Å². The van der Waals surface area contributed by atoms with Crippen LogP contribution in [-0.2, 0) is 16.1 Å². The van der Waals surface area contributed by atoms with Crippen molar-refractivity contribution < 1.29 is 19.1 Å². The van der Waals surface area contributed by atoms with E-state index in [1.165, 1.54) is 11.8 Å². The van der Waals surface area contributed by atoms with E-state index in [1.54, 1.807) is 18.2 Å². The van der Waals surface area contributed by atoms with Gasteiger partial charge in [-0.3, -0.25) is 9.59 Å². The van der Waals surface area contributed by atoms with Crippen LogP contribution in [-0.4, -0.2) is 28.5 Å². The van der Waals surface area contributed by atoms with Gasteiger partial charge in [-0.15, -0.1) is 0 Å². The Bertz CT molecular complexity index is 1020. The highest BCUT2D eigenvalue weighted by Gasteiger charge is 2.38. The first-order valence-electron chi connectivity index (χ1n) is 12.0. The quantitative estimate of drug-likeness (QED) is 0.475. The fourth-order valence-electron chi connectivity index (χ4n) is 3.33. The van der Waals surface area contributed by atoms with Crippen LogP contribution < -0.4 is 10.5 Å². The number of Topliss-reactive ketones (excluding diaryl/α,β-unsaturated/α-hetero) is 1. The number of carbonyl (C=O) groups excluding carboxylic acids is 3. The SMILES string of the molecule is C=Cc1ccc2c(c1Oc1ccccc1)C(=O)N(C(CCC(C)=O)C(N)=O)C2.CC.CC(C)(C)C. The molecule has 0 fully saturated rings. The predicted molar refractivity (Wildman–Crippen MR) is 142 cm³/mol. The van der Waals surface area contributed by atoms with Gasteiger partial charge in [0.1, 0.15) is 23.3 Å². The van der Waals surface area contributed by atoms with Gasteiger partial charge in [0.25, 0.3) is 5.91 Å². The van der Waals surface area contributed by atoms with Crippen molar-refractivity contribution in [2.45, 2.75) is 73.9 Å². The second-order valence-electron chi connectivity index (χ2n) is 9.73. The Morgan fingerprint density at radius 2 is 1.69 bits per heavy atom. The van der Waals surface area contributed by atoms with Crippen LogP contribution in [0.25, 0.3) is 6.08 Å². The number of fused-ring (bicyclic) bond motifs is 1. The fraction of sp³-hybridized carbons (Fsp3) is 0.414. The molecule has 0 bridgehead atoms. The Hall–Kier alpha value is -3.41. The van der Waals surface area contributed by atoms with Gasteiger partial charge in [-0.05, 0) is 36.5 Å². The molecule has 2 N–H and O–H groups in total. The maximum Gasteiger partial charge on any atom is 0.259 e. The summed E-state index contributed by atoms with van der Waals surface area (Å²) in [6, 6.07) is 11.9. The lowest BCUT2D eigenvalue weighted by Gasteiger charge is -2.24. The number of rotatable bonds is 8. The van der Waals surface area contributed by atoms with Crippen LogP contribution >= 0.6 is 0 Å². The lowest BCUT2D eigenvalue weighted by molar-refractivity contribution is -0.123. The van der Waals surface area contributed by atoms with E-state index in [9.17, 15) is 14.4 Å². The molecule has 0 aromatic heterocycles. The number of hydrogen-bond acceptors (Lipinski definition) is 4. The van der Waals surface area contributed by atoms with E-state index in [0.29, 0.717) is 28.0 Å². The van der Waals surface area contributed by atoms with Gasteiger partial charge < -0.3 is 20.2 Å². The summed E-state index contributed by atoms with van der Waals surface area (Å²) < 4.78 is 6.01. The molecular formula is C29H40N2O4. The first-order valence-corrected chi connectivity index (χ1v) is 12.0. The van der Waals surface area contributed by atoms with Crippen molar-refractivity contribution in [3.05, 3.63) is 65.7 Å². The topological polar surface area (TPSA) is 89.7 Å². The van der Waals surface area contributed by atoms with Gasteiger partial charge in [-0.2, -0.15) is 0 Å². The van der Waals surface area contributed by atoms with Gasteiger partial charge in [-0.1, -0.05) is 84.5 Å². The Morgan fingerprint density at radius 1 is 1.11 bits per heavy atom. The van der Waals surface area contributed by atoms with E-state index in [-0.39, 0.29) is 31.1 Å². The third-order valence-electron chi connectivity index (χ3n) is 4.75. The number of amides is 2. The first-order chi connectivity index (χ1) is 16.4. The number of para-hydroxylation sites is 1. The molecule has 2 amide bonds. The molecule has 1 atom stereocenters. The van der Waals surface area contributed by atoms with Crippen LogP contribution in [0.5, 0.6) is 11.5 Å². The van der Waals surface area contributed by atoms with E-state index in [0.717, 1.165) is 5.56 Å². The highest BCUT2D eigenvalue weighted by molar-refractivity contribution is 6.04. The van der Waals surface area contributed by atoms with Crippen LogP contribution in [0.3, 0.4) is 0 Å². The highest BCUT2D eigenvalue weighted by Crippen LogP contribution is 2.38. The molecule has 1 aliphatic heterocycles. The smallest absolute Gasteiger partial charge is 0.259 e. The van der Waals surface area contributed by atoms with Crippen molar-refractivity contribution in [2.24, 2.45) is 11.1 Å². The number of ketones is 1.